The topological polar surface area (TPSA) is 46.5 Å². The van der Waals surface area contributed by atoms with E-state index in [4.69, 9.17) is 21.4 Å². The minimum Gasteiger partial charge on any atom is -0.483 e. The summed E-state index contributed by atoms with van der Waals surface area (Å²) >= 11 is 5.40. The van der Waals surface area contributed by atoms with Gasteiger partial charge in [0.25, 0.3) is 0 Å². The number of hydrogen-bond donors (Lipinski definition) is 1. The van der Waals surface area contributed by atoms with Gasteiger partial charge in [0, 0.05) is 11.6 Å². The summed E-state index contributed by atoms with van der Waals surface area (Å²) in [6.07, 6.45) is 1.87. The Kier molecular flexibility index (Phi) is 5.51. The lowest BCUT2D eigenvalue weighted by Gasteiger charge is -2.09. The molecule has 0 aliphatic heterocycles. The van der Waals surface area contributed by atoms with Crippen molar-refractivity contribution >= 4 is 23.6 Å². The first-order chi connectivity index (χ1) is 8.93. The van der Waals surface area contributed by atoms with Crippen molar-refractivity contribution in [1.29, 1.82) is 0 Å². The van der Waals surface area contributed by atoms with Gasteiger partial charge in [0.1, 0.15) is 6.61 Å². The van der Waals surface area contributed by atoms with Gasteiger partial charge in [-0.3, -0.25) is 0 Å². The first-order valence-corrected chi connectivity index (χ1v) is 5.66. The van der Waals surface area contributed by atoms with E-state index in [0.29, 0.717) is 5.57 Å². The molecule has 1 aromatic carbocycles. The van der Waals surface area contributed by atoms with Gasteiger partial charge in [0.05, 0.1) is 0 Å². The minimum atomic E-state index is -1.20. The van der Waals surface area contributed by atoms with Crippen LogP contribution in [0.5, 0.6) is 5.75 Å². The van der Waals surface area contributed by atoms with Crippen LogP contribution in [0, 0.1) is 11.6 Å². The summed E-state index contributed by atoms with van der Waals surface area (Å²) in [5, 5.41) is 8.42. The van der Waals surface area contributed by atoms with Crippen LogP contribution in [0.25, 0.3) is 6.08 Å². The van der Waals surface area contributed by atoms with Gasteiger partial charge in [-0.25, -0.2) is 13.6 Å². The number of benzene rings is 1. The van der Waals surface area contributed by atoms with Gasteiger partial charge in [-0.2, -0.15) is 0 Å². The maximum absolute atomic E-state index is 13.6. The van der Waals surface area contributed by atoms with Crippen LogP contribution >= 0.6 is 11.6 Å². The molecule has 0 saturated carbocycles. The molecule has 0 fully saturated rings. The van der Waals surface area contributed by atoms with E-state index in [1.807, 2.05) is 0 Å². The van der Waals surface area contributed by atoms with Crippen molar-refractivity contribution < 1.29 is 23.4 Å². The van der Waals surface area contributed by atoms with E-state index < -0.39 is 23.4 Å². The predicted molar refractivity (Wildman–Crippen MR) is 68.1 cm³/mol. The molecule has 0 aromatic heterocycles. The summed E-state index contributed by atoms with van der Waals surface area (Å²) in [5.74, 6) is -3.55. The maximum Gasteiger partial charge on any atom is 0.328 e. The molecule has 0 atom stereocenters. The van der Waals surface area contributed by atoms with E-state index in [2.05, 4.69) is 0 Å². The number of carboxylic acid groups (broad SMARTS) is 1. The fourth-order valence-corrected chi connectivity index (χ4v) is 1.26. The molecule has 102 valence electrons. The number of carboxylic acids is 1. The lowest BCUT2D eigenvalue weighted by molar-refractivity contribution is -0.131. The number of hydrogen-bond acceptors (Lipinski definition) is 2. The first kappa shape index (κ1) is 15.2. The fourth-order valence-electron chi connectivity index (χ4n) is 1.20. The van der Waals surface area contributed by atoms with Crippen LogP contribution in [-0.2, 0) is 4.79 Å². The average molecular weight is 289 g/mol. The Morgan fingerprint density at radius 2 is 2.00 bits per heavy atom. The van der Waals surface area contributed by atoms with Crippen LogP contribution in [0.1, 0.15) is 12.5 Å². The number of rotatable bonds is 5. The molecule has 0 spiro atoms. The zero-order valence-electron chi connectivity index (χ0n) is 9.99. The van der Waals surface area contributed by atoms with Crippen LogP contribution in [0.2, 0.25) is 0 Å². The monoisotopic (exact) mass is 288 g/mol. The molecule has 1 rings (SSSR count). The second-order valence-corrected chi connectivity index (χ2v) is 3.95. The summed E-state index contributed by atoms with van der Waals surface area (Å²) in [7, 11) is 0. The Morgan fingerprint density at radius 3 is 2.47 bits per heavy atom. The van der Waals surface area contributed by atoms with Gasteiger partial charge in [0.2, 0.25) is 0 Å². The highest BCUT2D eigenvalue weighted by molar-refractivity contribution is 6.25. The van der Waals surface area contributed by atoms with Gasteiger partial charge in [-0.15, -0.1) is 0 Å². The third kappa shape index (κ3) is 4.71. The molecule has 0 amide bonds. The first-order valence-electron chi connectivity index (χ1n) is 5.22. The predicted octanol–water partition coefficient (Wildman–Crippen LogP) is 3.58. The molecule has 1 aromatic rings. The molecule has 0 heterocycles. The van der Waals surface area contributed by atoms with Crippen molar-refractivity contribution in [2.75, 3.05) is 6.61 Å². The zero-order valence-corrected chi connectivity index (χ0v) is 10.7. The molecule has 0 bridgehead atoms. The number of halogens is 3. The number of carbonyl (C=O) groups is 1. The molecule has 0 aliphatic rings. The molecule has 19 heavy (non-hydrogen) atoms. The van der Waals surface area contributed by atoms with Crippen molar-refractivity contribution in [3.8, 4) is 5.75 Å². The molecular formula is C13H11ClF2O3. The standard InChI is InChI=1S/C13H11ClF2O3/c1-8(6-14)7-19-13-10(15)4-9(5-11(13)16)2-3-12(17)18/h2-6H,7H2,1H3,(H,17,18)/b3-2+,8-6-. The Labute approximate surface area is 113 Å². The molecular weight excluding hydrogens is 278 g/mol. The molecule has 0 saturated heterocycles. The van der Waals surface area contributed by atoms with Gasteiger partial charge >= 0.3 is 5.97 Å². The average Bonchev–Trinajstić information content (AvgIpc) is 2.34. The van der Waals surface area contributed by atoms with Crippen LogP contribution in [0.15, 0.2) is 29.3 Å². The largest absolute Gasteiger partial charge is 0.483 e. The highest BCUT2D eigenvalue weighted by Gasteiger charge is 2.12. The minimum absolute atomic E-state index is 0.0400. The SMILES string of the molecule is C/C(=C/Cl)COc1c(F)cc(/C=C/C(=O)O)cc1F. The second kappa shape index (κ2) is 6.89. The fraction of sp³-hybridized carbons (Fsp3) is 0.154. The van der Waals surface area contributed by atoms with Gasteiger partial charge in [-0.1, -0.05) is 11.6 Å². The highest BCUT2D eigenvalue weighted by atomic mass is 35.5. The van der Waals surface area contributed by atoms with E-state index in [0.717, 1.165) is 24.3 Å². The Hall–Kier alpha value is -1.88. The van der Waals surface area contributed by atoms with Crippen LogP contribution in [0.4, 0.5) is 8.78 Å². The number of aliphatic carboxylic acids is 1. The van der Waals surface area contributed by atoms with Crippen molar-refractivity contribution in [2.45, 2.75) is 6.92 Å². The van der Waals surface area contributed by atoms with Crippen molar-refractivity contribution in [2.24, 2.45) is 0 Å². The van der Waals surface area contributed by atoms with E-state index in [1.165, 1.54) is 5.54 Å². The Morgan fingerprint density at radius 1 is 1.42 bits per heavy atom. The summed E-state index contributed by atoms with van der Waals surface area (Å²) in [6.45, 7) is 1.61. The molecule has 0 unspecified atom stereocenters. The molecule has 1 N–H and O–H groups in total. The van der Waals surface area contributed by atoms with E-state index in [-0.39, 0.29) is 12.2 Å². The Bertz CT molecular complexity index is 516. The number of ether oxygens (including phenoxy) is 1. The summed E-state index contributed by atoms with van der Waals surface area (Å²) in [6, 6.07) is 1.97. The van der Waals surface area contributed by atoms with Gasteiger partial charge in [-0.05, 0) is 36.3 Å². The summed E-state index contributed by atoms with van der Waals surface area (Å²) in [4.78, 5) is 10.3. The van der Waals surface area contributed by atoms with Crippen LogP contribution in [0.3, 0.4) is 0 Å². The molecule has 3 nitrogen and oxygen atoms in total. The summed E-state index contributed by atoms with van der Waals surface area (Å²) < 4.78 is 32.1. The lowest BCUT2D eigenvalue weighted by atomic mass is 10.2. The quantitative estimate of drug-likeness (QED) is 0.842. The van der Waals surface area contributed by atoms with E-state index >= 15 is 0 Å². The zero-order chi connectivity index (χ0) is 14.4. The van der Waals surface area contributed by atoms with Crippen LogP contribution < -0.4 is 4.74 Å². The van der Waals surface area contributed by atoms with E-state index in [9.17, 15) is 13.6 Å². The van der Waals surface area contributed by atoms with Crippen LogP contribution in [-0.4, -0.2) is 17.7 Å². The third-order valence-electron chi connectivity index (χ3n) is 2.07. The van der Waals surface area contributed by atoms with Gasteiger partial charge in [0.15, 0.2) is 17.4 Å². The van der Waals surface area contributed by atoms with Crippen molar-refractivity contribution in [3.05, 3.63) is 46.5 Å². The van der Waals surface area contributed by atoms with Crippen molar-refractivity contribution in [1.82, 2.24) is 0 Å². The highest BCUT2D eigenvalue weighted by Crippen LogP contribution is 2.24. The van der Waals surface area contributed by atoms with Gasteiger partial charge < -0.3 is 9.84 Å². The summed E-state index contributed by atoms with van der Waals surface area (Å²) in [5.41, 5.74) is 1.95. The molecule has 0 aliphatic carbocycles. The van der Waals surface area contributed by atoms with Crippen molar-refractivity contribution in [3.63, 3.8) is 0 Å². The smallest absolute Gasteiger partial charge is 0.328 e. The third-order valence-corrected chi connectivity index (χ3v) is 2.44. The normalized spacial score (nSPS) is 11.9. The second-order valence-electron chi connectivity index (χ2n) is 3.73. The molecule has 6 heteroatoms. The lowest BCUT2D eigenvalue weighted by Crippen LogP contribution is -2.02. The Balaban J connectivity index is 2.94. The molecule has 0 radical (unpaired) electrons. The maximum atomic E-state index is 13.6. The van der Waals surface area contributed by atoms with E-state index in [1.54, 1.807) is 6.92 Å².